The first-order chi connectivity index (χ1) is 8.22. The molecular weight excluding hydrogens is 282 g/mol. The zero-order valence-electron chi connectivity index (χ0n) is 9.55. The van der Waals surface area contributed by atoms with Gasteiger partial charge in [0.2, 0.25) is 0 Å². The Morgan fingerprint density at radius 1 is 1.47 bits per heavy atom. The zero-order chi connectivity index (χ0) is 12.3. The summed E-state index contributed by atoms with van der Waals surface area (Å²) >= 11 is 3.41. The van der Waals surface area contributed by atoms with Crippen LogP contribution in [0.3, 0.4) is 0 Å². The maximum atomic E-state index is 10.2. The Morgan fingerprint density at radius 3 is 2.94 bits per heavy atom. The molecule has 0 aliphatic rings. The summed E-state index contributed by atoms with van der Waals surface area (Å²) in [4.78, 5) is 4.21. The highest BCUT2D eigenvalue weighted by Crippen LogP contribution is 2.25. The molecule has 0 saturated heterocycles. The first-order valence-corrected chi connectivity index (χ1v) is 6.30. The molecule has 4 nitrogen and oxygen atoms in total. The lowest BCUT2D eigenvalue weighted by atomic mass is 10.1. The van der Waals surface area contributed by atoms with Crippen LogP contribution in [0.2, 0.25) is 0 Å². The number of hydrogen-bond donors (Lipinski definition) is 1. The molecular formula is C12H14BrN3O. The Labute approximate surface area is 108 Å². The van der Waals surface area contributed by atoms with E-state index in [1.807, 2.05) is 25.1 Å². The van der Waals surface area contributed by atoms with Gasteiger partial charge in [-0.3, -0.25) is 9.67 Å². The molecule has 0 aliphatic carbocycles. The van der Waals surface area contributed by atoms with Gasteiger partial charge in [-0.1, -0.05) is 6.07 Å². The van der Waals surface area contributed by atoms with Crippen LogP contribution >= 0.6 is 15.9 Å². The van der Waals surface area contributed by atoms with Crippen LogP contribution in [0.15, 0.2) is 35.1 Å². The fourth-order valence-electron chi connectivity index (χ4n) is 1.77. The summed E-state index contributed by atoms with van der Waals surface area (Å²) in [6.45, 7) is 2.73. The smallest absolute Gasteiger partial charge is 0.102 e. The number of aliphatic hydroxyl groups excluding tert-OH is 1. The van der Waals surface area contributed by atoms with Crippen molar-refractivity contribution in [2.45, 2.75) is 26.0 Å². The van der Waals surface area contributed by atoms with Gasteiger partial charge >= 0.3 is 0 Å². The molecule has 1 N–H and O–H groups in total. The molecule has 0 bridgehead atoms. The van der Waals surface area contributed by atoms with Gasteiger partial charge in [-0.05, 0) is 35.0 Å². The standard InChI is InChI=1S/C12H14BrN3O/c1-2-16-12(10(13)8-15-16)11(17)7-9-5-3-4-6-14-9/h3-6,8,11,17H,2,7H2,1H3. The molecule has 90 valence electrons. The molecule has 5 heteroatoms. The van der Waals surface area contributed by atoms with Gasteiger partial charge in [0.05, 0.1) is 16.4 Å². The van der Waals surface area contributed by atoms with Crippen molar-refractivity contribution in [3.8, 4) is 0 Å². The van der Waals surface area contributed by atoms with Gasteiger partial charge in [0.15, 0.2) is 0 Å². The minimum Gasteiger partial charge on any atom is -0.386 e. The third kappa shape index (κ3) is 2.73. The van der Waals surface area contributed by atoms with Gasteiger partial charge in [-0.15, -0.1) is 0 Å². The molecule has 0 saturated carbocycles. The Morgan fingerprint density at radius 2 is 2.29 bits per heavy atom. The van der Waals surface area contributed by atoms with Gasteiger partial charge in [0.1, 0.15) is 6.10 Å². The van der Waals surface area contributed by atoms with Crippen molar-refractivity contribution >= 4 is 15.9 Å². The van der Waals surface area contributed by atoms with Crippen LogP contribution in [0.1, 0.15) is 24.4 Å². The minimum atomic E-state index is -0.596. The molecule has 1 unspecified atom stereocenters. The van der Waals surface area contributed by atoms with Crippen LogP contribution in [0.5, 0.6) is 0 Å². The first kappa shape index (κ1) is 12.3. The number of rotatable bonds is 4. The summed E-state index contributed by atoms with van der Waals surface area (Å²) in [7, 11) is 0. The van der Waals surface area contributed by atoms with Gasteiger partial charge in [0, 0.05) is 24.9 Å². The molecule has 0 aliphatic heterocycles. The normalized spacial score (nSPS) is 12.6. The van der Waals surface area contributed by atoms with E-state index in [0.717, 1.165) is 22.4 Å². The Kier molecular flexibility index (Phi) is 3.91. The lowest BCUT2D eigenvalue weighted by Crippen LogP contribution is -2.11. The lowest BCUT2D eigenvalue weighted by Gasteiger charge is -2.12. The largest absolute Gasteiger partial charge is 0.386 e. The Balaban J connectivity index is 2.20. The quantitative estimate of drug-likeness (QED) is 0.942. The molecule has 2 aromatic rings. The molecule has 0 fully saturated rings. The number of aromatic nitrogens is 3. The highest BCUT2D eigenvalue weighted by atomic mass is 79.9. The summed E-state index contributed by atoms with van der Waals surface area (Å²) in [6, 6.07) is 5.69. The van der Waals surface area contributed by atoms with Crippen molar-refractivity contribution in [3.63, 3.8) is 0 Å². The monoisotopic (exact) mass is 295 g/mol. The zero-order valence-corrected chi connectivity index (χ0v) is 11.1. The molecule has 0 spiro atoms. The fraction of sp³-hybridized carbons (Fsp3) is 0.333. The van der Waals surface area contributed by atoms with Crippen molar-refractivity contribution in [2.75, 3.05) is 0 Å². The van der Waals surface area contributed by atoms with Crippen molar-refractivity contribution < 1.29 is 5.11 Å². The Hall–Kier alpha value is -1.20. The SMILES string of the molecule is CCn1ncc(Br)c1C(O)Cc1ccccn1. The van der Waals surface area contributed by atoms with E-state index in [-0.39, 0.29) is 0 Å². The second-order valence-electron chi connectivity index (χ2n) is 3.73. The number of nitrogens with zero attached hydrogens (tertiary/aromatic N) is 3. The predicted molar refractivity (Wildman–Crippen MR) is 68.5 cm³/mol. The van der Waals surface area contributed by atoms with Gasteiger partial charge in [0.25, 0.3) is 0 Å². The number of aliphatic hydroxyl groups is 1. The fourth-order valence-corrected chi connectivity index (χ4v) is 2.33. The van der Waals surface area contributed by atoms with Crippen LogP contribution in [-0.2, 0) is 13.0 Å². The maximum Gasteiger partial charge on any atom is 0.102 e. The molecule has 0 amide bonds. The number of halogens is 1. The summed E-state index contributed by atoms with van der Waals surface area (Å²) in [5.41, 5.74) is 1.67. The van der Waals surface area contributed by atoms with E-state index < -0.39 is 6.10 Å². The Bertz CT molecular complexity index is 484. The molecule has 1 atom stereocenters. The topological polar surface area (TPSA) is 50.9 Å². The van der Waals surface area contributed by atoms with Crippen LogP contribution < -0.4 is 0 Å². The molecule has 2 aromatic heterocycles. The molecule has 0 aromatic carbocycles. The number of aryl methyl sites for hydroxylation is 1. The van der Waals surface area contributed by atoms with E-state index >= 15 is 0 Å². The van der Waals surface area contributed by atoms with Gasteiger partial charge < -0.3 is 5.11 Å². The van der Waals surface area contributed by atoms with Crippen molar-refractivity contribution in [1.29, 1.82) is 0 Å². The van der Waals surface area contributed by atoms with E-state index in [9.17, 15) is 5.11 Å². The average Bonchev–Trinajstić information content (AvgIpc) is 2.71. The minimum absolute atomic E-state index is 0.491. The van der Waals surface area contributed by atoms with E-state index in [0.29, 0.717) is 6.42 Å². The van der Waals surface area contributed by atoms with Gasteiger partial charge in [-0.25, -0.2) is 0 Å². The highest BCUT2D eigenvalue weighted by Gasteiger charge is 2.17. The summed E-state index contributed by atoms with van der Waals surface area (Å²) < 4.78 is 2.63. The van der Waals surface area contributed by atoms with E-state index in [2.05, 4.69) is 26.0 Å². The van der Waals surface area contributed by atoms with Crippen LogP contribution in [-0.4, -0.2) is 19.9 Å². The van der Waals surface area contributed by atoms with E-state index in [4.69, 9.17) is 0 Å². The third-order valence-corrected chi connectivity index (χ3v) is 3.19. The third-order valence-electron chi connectivity index (χ3n) is 2.58. The maximum absolute atomic E-state index is 10.2. The molecule has 0 radical (unpaired) electrons. The summed E-state index contributed by atoms with van der Waals surface area (Å²) in [6.07, 6.45) is 3.33. The van der Waals surface area contributed by atoms with Crippen molar-refractivity contribution in [3.05, 3.63) is 46.5 Å². The molecule has 2 heterocycles. The first-order valence-electron chi connectivity index (χ1n) is 5.51. The van der Waals surface area contributed by atoms with Crippen LogP contribution in [0.4, 0.5) is 0 Å². The van der Waals surface area contributed by atoms with Crippen LogP contribution in [0.25, 0.3) is 0 Å². The van der Waals surface area contributed by atoms with E-state index in [1.54, 1.807) is 17.1 Å². The second-order valence-corrected chi connectivity index (χ2v) is 4.59. The summed E-state index contributed by atoms with van der Waals surface area (Å²) in [5.74, 6) is 0. The molecule has 17 heavy (non-hydrogen) atoms. The van der Waals surface area contributed by atoms with Crippen molar-refractivity contribution in [2.24, 2.45) is 0 Å². The number of hydrogen-bond acceptors (Lipinski definition) is 3. The predicted octanol–water partition coefficient (Wildman–Crippen LogP) is 2.34. The highest BCUT2D eigenvalue weighted by molar-refractivity contribution is 9.10. The lowest BCUT2D eigenvalue weighted by molar-refractivity contribution is 0.165. The number of pyridine rings is 1. The van der Waals surface area contributed by atoms with E-state index in [1.165, 1.54) is 0 Å². The van der Waals surface area contributed by atoms with Crippen LogP contribution in [0, 0.1) is 0 Å². The van der Waals surface area contributed by atoms with Crippen molar-refractivity contribution in [1.82, 2.24) is 14.8 Å². The molecule has 2 rings (SSSR count). The second kappa shape index (κ2) is 5.42. The average molecular weight is 296 g/mol. The summed E-state index contributed by atoms with van der Waals surface area (Å²) in [5, 5.41) is 14.4. The van der Waals surface area contributed by atoms with Gasteiger partial charge in [-0.2, -0.15) is 5.10 Å².